The van der Waals surface area contributed by atoms with Crippen molar-refractivity contribution in [2.75, 3.05) is 11.9 Å². The van der Waals surface area contributed by atoms with Gasteiger partial charge in [-0.05, 0) is 25.8 Å². The molecule has 0 bridgehead atoms. The average molecular weight is 208 g/mol. The van der Waals surface area contributed by atoms with Crippen LogP contribution in [0.1, 0.15) is 26.5 Å². The molecule has 15 heavy (non-hydrogen) atoms. The molecule has 0 atom stereocenters. The number of hydrogen-bond donors (Lipinski definition) is 1. The lowest BCUT2D eigenvalue weighted by Crippen LogP contribution is -2.21. The van der Waals surface area contributed by atoms with Crippen LogP contribution in [0.5, 0.6) is 0 Å². The van der Waals surface area contributed by atoms with Crippen LogP contribution in [0, 0.1) is 12.8 Å². The Morgan fingerprint density at radius 3 is 2.53 bits per heavy atom. The van der Waals surface area contributed by atoms with Gasteiger partial charge in [-0.3, -0.25) is 4.79 Å². The third-order valence-corrected chi connectivity index (χ3v) is 2.37. The van der Waals surface area contributed by atoms with Crippen molar-refractivity contribution in [1.82, 2.24) is 4.57 Å². The van der Waals surface area contributed by atoms with Gasteiger partial charge in [0.25, 0.3) is 5.56 Å². The topological polar surface area (TPSA) is 34.0 Å². The van der Waals surface area contributed by atoms with Crippen LogP contribution >= 0.6 is 0 Å². The first-order chi connectivity index (χ1) is 7.04. The van der Waals surface area contributed by atoms with Crippen molar-refractivity contribution >= 4 is 5.69 Å². The Morgan fingerprint density at radius 1 is 1.40 bits per heavy atom. The van der Waals surface area contributed by atoms with Crippen molar-refractivity contribution in [2.45, 2.75) is 34.2 Å². The minimum absolute atomic E-state index is 0.0729. The average Bonchev–Trinajstić information content (AvgIpc) is 2.14. The number of pyridine rings is 1. The van der Waals surface area contributed by atoms with Gasteiger partial charge in [0.05, 0.1) is 0 Å². The Hall–Kier alpha value is -1.25. The number of rotatable bonds is 4. The zero-order chi connectivity index (χ0) is 11.4. The summed E-state index contributed by atoms with van der Waals surface area (Å²) in [5.41, 5.74) is 2.01. The van der Waals surface area contributed by atoms with Crippen LogP contribution in [0.25, 0.3) is 0 Å². The highest BCUT2D eigenvalue weighted by Crippen LogP contribution is 2.07. The van der Waals surface area contributed by atoms with E-state index in [1.54, 1.807) is 10.6 Å². The second kappa shape index (κ2) is 5.01. The fourth-order valence-electron chi connectivity index (χ4n) is 1.56. The van der Waals surface area contributed by atoms with Gasteiger partial charge in [0.1, 0.15) is 0 Å². The minimum atomic E-state index is 0.0729. The number of aryl methyl sites for hydroxylation is 1. The molecule has 1 heterocycles. The largest absolute Gasteiger partial charge is 0.385 e. The molecule has 0 radical (unpaired) electrons. The first kappa shape index (κ1) is 11.8. The lowest BCUT2D eigenvalue weighted by atomic mass is 10.2. The van der Waals surface area contributed by atoms with E-state index in [0.29, 0.717) is 5.92 Å². The molecular formula is C12H20N2O. The monoisotopic (exact) mass is 208 g/mol. The Bertz CT molecular complexity index is 380. The summed E-state index contributed by atoms with van der Waals surface area (Å²) >= 11 is 0. The van der Waals surface area contributed by atoms with E-state index in [4.69, 9.17) is 0 Å². The first-order valence-electron chi connectivity index (χ1n) is 5.50. The van der Waals surface area contributed by atoms with Crippen molar-refractivity contribution in [2.24, 2.45) is 5.92 Å². The van der Waals surface area contributed by atoms with Crippen molar-refractivity contribution in [3.05, 3.63) is 28.2 Å². The molecule has 1 rings (SSSR count). The van der Waals surface area contributed by atoms with E-state index in [1.165, 1.54) is 0 Å². The smallest absolute Gasteiger partial charge is 0.252 e. The minimum Gasteiger partial charge on any atom is -0.385 e. The highest BCUT2D eigenvalue weighted by Gasteiger charge is 2.01. The molecule has 0 amide bonds. The van der Waals surface area contributed by atoms with E-state index >= 15 is 0 Å². The van der Waals surface area contributed by atoms with E-state index in [-0.39, 0.29) is 5.56 Å². The molecule has 0 aliphatic rings. The van der Waals surface area contributed by atoms with Crippen LogP contribution in [-0.2, 0) is 6.54 Å². The molecule has 3 heteroatoms. The van der Waals surface area contributed by atoms with Gasteiger partial charge in [-0.15, -0.1) is 0 Å². The molecule has 1 aromatic rings. The Kier molecular flexibility index (Phi) is 3.95. The number of nitrogens with zero attached hydrogens (tertiary/aromatic N) is 1. The van der Waals surface area contributed by atoms with Crippen molar-refractivity contribution in [1.29, 1.82) is 0 Å². The zero-order valence-electron chi connectivity index (χ0n) is 10.0. The maximum absolute atomic E-state index is 11.7. The third kappa shape index (κ3) is 3.11. The summed E-state index contributed by atoms with van der Waals surface area (Å²) in [6.07, 6.45) is 0. The molecule has 0 unspecified atom stereocenters. The Balaban J connectivity index is 2.89. The van der Waals surface area contributed by atoms with Crippen molar-refractivity contribution < 1.29 is 0 Å². The fourth-order valence-corrected chi connectivity index (χ4v) is 1.56. The normalized spacial score (nSPS) is 10.7. The van der Waals surface area contributed by atoms with Crippen LogP contribution in [0.2, 0.25) is 0 Å². The van der Waals surface area contributed by atoms with Crippen LogP contribution in [0.15, 0.2) is 16.9 Å². The van der Waals surface area contributed by atoms with Gasteiger partial charge in [0, 0.05) is 30.5 Å². The van der Waals surface area contributed by atoms with E-state index < -0.39 is 0 Å². The highest BCUT2D eigenvalue weighted by atomic mass is 16.1. The van der Waals surface area contributed by atoms with Crippen molar-refractivity contribution in [3.63, 3.8) is 0 Å². The summed E-state index contributed by atoms with van der Waals surface area (Å²) in [5.74, 6) is 0.582. The molecule has 0 spiro atoms. The predicted octanol–water partition coefficient (Wildman–Crippen LogP) is 2.24. The summed E-state index contributed by atoms with van der Waals surface area (Å²) in [6.45, 7) is 9.87. The number of anilines is 1. The molecule has 0 aromatic carbocycles. The highest BCUT2D eigenvalue weighted by molar-refractivity contribution is 5.43. The number of aromatic nitrogens is 1. The van der Waals surface area contributed by atoms with E-state index in [1.807, 2.05) is 19.9 Å². The van der Waals surface area contributed by atoms with Gasteiger partial charge < -0.3 is 9.88 Å². The summed E-state index contributed by atoms with van der Waals surface area (Å²) < 4.78 is 1.76. The lowest BCUT2D eigenvalue weighted by Gasteiger charge is -2.12. The number of nitrogens with one attached hydrogen (secondary N) is 1. The van der Waals surface area contributed by atoms with Gasteiger partial charge >= 0.3 is 0 Å². The first-order valence-corrected chi connectivity index (χ1v) is 5.50. The van der Waals surface area contributed by atoms with Gasteiger partial charge in [-0.25, -0.2) is 0 Å². The second-order valence-electron chi connectivity index (χ2n) is 4.24. The fraction of sp³-hybridized carbons (Fsp3) is 0.583. The summed E-state index contributed by atoms with van der Waals surface area (Å²) in [4.78, 5) is 11.7. The molecular weight excluding hydrogens is 188 g/mol. The molecule has 84 valence electrons. The SMILES string of the molecule is CCn1c(C)cc(NCC(C)C)cc1=O. The van der Waals surface area contributed by atoms with E-state index in [2.05, 4.69) is 19.2 Å². The molecule has 0 saturated heterocycles. The van der Waals surface area contributed by atoms with Gasteiger partial charge in [-0.2, -0.15) is 0 Å². The quantitative estimate of drug-likeness (QED) is 0.823. The summed E-state index contributed by atoms with van der Waals surface area (Å²) in [6, 6.07) is 3.69. The Labute approximate surface area is 91.1 Å². The molecule has 0 aliphatic carbocycles. The summed E-state index contributed by atoms with van der Waals surface area (Å²) in [7, 11) is 0. The predicted molar refractivity (Wildman–Crippen MR) is 64.4 cm³/mol. The second-order valence-corrected chi connectivity index (χ2v) is 4.24. The van der Waals surface area contributed by atoms with E-state index in [9.17, 15) is 4.79 Å². The lowest BCUT2D eigenvalue weighted by molar-refractivity contribution is 0.683. The van der Waals surface area contributed by atoms with Crippen molar-refractivity contribution in [3.8, 4) is 0 Å². The zero-order valence-corrected chi connectivity index (χ0v) is 10.0. The standard InChI is InChI=1S/C12H20N2O/c1-5-14-10(4)6-11(7-12(14)15)13-8-9(2)3/h6-7,9,13H,5,8H2,1-4H3. The van der Waals surface area contributed by atoms with E-state index in [0.717, 1.165) is 24.5 Å². The van der Waals surface area contributed by atoms with Gasteiger partial charge in [0.15, 0.2) is 0 Å². The summed E-state index contributed by atoms with van der Waals surface area (Å²) in [5, 5.41) is 3.26. The van der Waals surface area contributed by atoms with Crippen LogP contribution < -0.4 is 10.9 Å². The number of hydrogen-bond acceptors (Lipinski definition) is 2. The van der Waals surface area contributed by atoms with Crippen LogP contribution in [0.4, 0.5) is 5.69 Å². The van der Waals surface area contributed by atoms with Gasteiger partial charge in [-0.1, -0.05) is 13.8 Å². The molecule has 1 aromatic heterocycles. The molecule has 1 N–H and O–H groups in total. The Morgan fingerprint density at radius 2 is 2.07 bits per heavy atom. The maximum atomic E-state index is 11.7. The van der Waals surface area contributed by atoms with Crippen LogP contribution in [-0.4, -0.2) is 11.1 Å². The van der Waals surface area contributed by atoms with Gasteiger partial charge in [0.2, 0.25) is 0 Å². The van der Waals surface area contributed by atoms with Crippen LogP contribution in [0.3, 0.4) is 0 Å². The molecule has 3 nitrogen and oxygen atoms in total. The molecule has 0 fully saturated rings. The third-order valence-electron chi connectivity index (χ3n) is 2.37. The molecule has 0 aliphatic heterocycles. The molecule has 0 saturated carbocycles. The maximum Gasteiger partial charge on any atom is 0.252 e.